The van der Waals surface area contributed by atoms with Gasteiger partial charge in [-0.05, 0) is 52.2 Å². The minimum Gasteiger partial charge on any atom is -0.354 e. The van der Waals surface area contributed by atoms with Crippen LogP contribution in [0.2, 0.25) is 0 Å². The highest BCUT2D eigenvalue weighted by Gasteiger charge is 2.26. The minimum atomic E-state index is 0.323. The van der Waals surface area contributed by atoms with E-state index in [4.69, 9.17) is 0 Å². The number of aromatic nitrogens is 1. The summed E-state index contributed by atoms with van der Waals surface area (Å²) in [5, 5.41) is 3.71. The van der Waals surface area contributed by atoms with Crippen molar-refractivity contribution in [2.45, 2.75) is 65.2 Å². The molecule has 0 unspecified atom stereocenters. The zero-order valence-electron chi connectivity index (χ0n) is 12.9. The lowest BCUT2D eigenvalue weighted by Crippen LogP contribution is -2.49. The quantitative estimate of drug-likeness (QED) is 0.901. The van der Waals surface area contributed by atoms with E-state index in [1.807, 2.05) is 0 Å². The number of rotatable bonds is 4. The van der Waals surface area contributed by atoms with Crippen molar-refractivity contribution in [3.63, 3.8) is 0 Å². The molecule has 2 rings (SSSR count). The Morgan fingerprint density at radius 2 is 1.95 bits per heavy atom. The van der Waals surface area contributed by atoms with Crippen LogP contribution in [0.3, 0.4) is 0 Å². The topological polar surface area (TPSA) is 20.2 Å². The third-order valence-electron chi connectivity index (χ3n) is 4.22. The van der Waals surface area contributed by atoms with Crippen molar-refractivity contribution in [1.82, 2.24) is 14.8 Å². The van der Waals surface area contributed by atoms with Crippen LogP contribution in [0.4, 0.5) is 0 Å². The molecule has 0 aliphatic carbocycles. The summed E-state index contributed by atoms with van der Waals surface area (Å²) in [6, 6.07) is 2.91. The molecule has 0 aromatic carbocycles. The van der Waals surface area contributed by atoms with E-state index in [9.17, 15) is 0 Å². The molecule has 0 radical (unpaired) electrons. The number of piperidine rings is 1. The molecule has 1 N–H and O–H groups in total. The Labute approximate surface area is 118 Å². The molecule has 1 aromatic heterocycles. The largest absolute Gasteiger partial charge is 0.354 e. The smallest absolute Gasteiger partial charge is 0.0223 e. The van der Waals surface area contributed by atoms with Crippen molar-refractivity contribution < 1.29 is 0 Å². The minimum absolute atomic E-state index is 0.323. The van der Waals surface area contributed by atoms with Crippen LogP contribution in [0.15, 0.2) is 18.5 Å². The molecule has 0 bridgehead atoms. The number of likely N-dealkylation sites (tertiary alicyclic amines) is 1. The van der Waals surface area contributed by atoms with Gasteiger partial charge in [-0.15, -0.1) is 0 Å². The second-order valence-electron chi connectivity index (χ2n) is 6.66. The lowest BCUT2D eigenvalue weighted by Gasteiger charge is -2.41. The molecule has 1 aliphatic heterocycles. The molecule has 0 atom stereocenters. The van der Waals surface area contributed by atoms with Gasteiger partial charge in [-0.1, -0.05) is 0 Å². The zero-order chi connectivity index (χ0) is 13.9. The van der Waals surface area contributed by atoms with E-state index >= 15 is 0 Å². The summed E-state index contributed by atoms with van der Waals surface area (Å²) in [4.78, 5) is 2.60. The van der Waals surface area contributed by atoms with Gasteiger partial charge in [0.1, 0.15) is 0 Å². The van der Waals surface area contributed by atoms with Gasteiger partial charge in [0.25, 0.3) is 0 Å². The van der Waals surface area contributed by atoms with Crippen molar-refractivity contribution in [1.29, 1.82) is 0 Å². The fourth-order valence-electron chi connectivity index (χ4n) is 2.81. The number of hydrogen-bond donors (Lipinski definition) is 1. The normalized spacial score (nSPS) is 18.9. The maximum absolute atomic E-state index is 3.71. The van der Waals surface area contributed by atoms with E-state index in [1.54, 1.807) is 0 Å². The number of aryl methyl sites for hydroxylation is 1. The maximum Gasteiger partial charge on any atom is 0.0223 e. The average Bonchev–Trinajstić information content (AvgIpc) is 2.84. The van der Waals surface area contributed by atoms with Crippen LogP contribution in [0.5, 0.6) is 0 Å². The van der Waals surface area contributed by atoms with Crippen LogP contribution >= 0.6 is 0 Å². The van der Waals surface area contributed by atoms with E-state index in [1.165, 1.54) is 31.5 Å². The highest BCUT2D eigenvalue weighted by molar-refractivity contribution is 5.10. The summed E-state index contributed by atoms with van der Waals surface area (Å²) in [5.41, 5.74) is 1.73. The summed E-state index contributed by atoms with van der Waals surface area (Å²) in [6.07, 6.45) is 6.95. The van der Waals surface area contributed by atoms with Gasteiger partial charge < -0.3 is 9.88 Å². The summed E-state index contributed by atoms with van der Waals surface area (Å²) in [6.45, 7) is 13.6. The van der Waals surface area contributed by atoms with Gasteiger partial charge in [0.15, 0.2) is 0 Å². The summed E-state index contributed by atoms with van der Waals surface area (Å²) in [7, 11) is 0. The van der Waals surface area contributed by atoms with E-state index < -0.39 is 0 Å². The molecule has 0 spiro atoms. The summed E-state index contributed by atoms with van der Waals surface area (Å²) < 4.78 is 2.24. The Hall–Kier alpha value is -0.800. The van der Waals surface area contributed by atoms with Crippen molar-refractivity contribution in [2.24, 2.45) is 0 Å². The second-order valence-corrected chi connectivity index (χ2v) is 6.66. The molecule has 2 heterocycles. The highest BCUT2D eigenvalue weighted by Crippen LogP contribution is 2.20. The van der Waals surface area contributed by atoms with Gasteiger partial charge in [-0.25, -0.2) is 0 Å². The van der Waals surface area contributed by atoms with Gasteiger partial charge >= 0.3 is 0 Å². The molecule has 1 aliphatic rings. The second kappa shape index (κ2) is 6.10. The third kappa shape index (κ3) is 4.08. The number of hydrogen-bond acceptors (Lipinski definition) is 2. The number of nitrogens with zero attached hydrogens (tertiary/aromatic N) is 2. The molecule has 0 saturated carbocycles. The predicted molar refractivity (Wildman–Crippen MR) is 81.3 cm³/mol. The molecule has 1 fully saturated rings. The predicted octanol–water partition coefficient (Wildman–Crippen LogP) is 2.86. The Morgan fingerprint density at radius 1 is 1.26 bits per heavy atom. The maximum atomic E-state index is 3.71. The molecule has 1 saturated heterocycles. The summed E-state index contributed by atoms with van der Waals surface area (Å²) >= 11 is 0. The summed E-state index contributed by atoms with van der Waals surface area (Å²) in [5.74, 6) is 0. The van der Waals surface area contributed by atoms with E-state index in [0.29, 0.717) is 11.6 Å². The standard InChI is InChI=1S/C16H29N3/c1-5-18-9-6-14(13-18)12-17-15-7-10-19(11-8-15)16(2,3)4/h6,9,13,15,17H,5,7-8,10-12H2,1-4H3. The lowest BCUT2D eigenvalue weighted by molar-refractivity contribution is 0.0960. The molecule has 108 valence electrons. The van der Waals surface area contributed by atoms with Crippen LogP contribution in [0.1, 0.15) is 46.1 Å². The van der Waals surface area contributed by atoms with E-state index in [0.717, 1.165) is 13.1 Å². The van der Waals surface area contributed by atoms with Gasteiger partial charge in [0, 0.05) is 50.2 Å². The fourth-order valence-corrected chi connectivity index (χ4v) is 2.81. The first-order valence-electron chi connectivity index (χ1n) is 7.62. The molecule has 3 heteroatoms. The fraction of sp³-hybridized carbons (Fsp3) is 0.750. The SMILES string of the molecule is CCn1ccc(CNC2CCN(C(C)(C)C)CC2)c1. The van der Waals surface area contributed by atoms with Gasteiger partial charge in [-0.2, -0.15) is 0 Å². The van der Waals surface area contributed by atoms with Crippen LogP contribution in [0.25, 0.3) is 0 Å². The average molecular weight is 263 g/mol. The monoisotopic (exact) mass is 263 g/mol. The Balaban J connectivity index is 1.74. The zero-order valence-corrected chi connectivity index (χ0v) is 12.9. The van der Waals surface area contributed by atoms with Crippen molar-refractivity contribution >= 4 is 0 Å². The highest BCUT2D eigenvalue weighted by atomic mass is 15.2. The molecular weight excluding hydrogens is 234 g/mol. The van der Waals surface area contributed by atoms with Crippen LogP contribution in [-0.2, 0) is 13.1 Å². The first-order chi connectivity index (χ1) is 8.99. The Bertz CT molecular complexity index is 381. The van der Waals surface area contributed by atoms with E-state index in [2.05, 4.69) is 60.9 Å². The van der Waals surface area contributed by atoms with Gasteiger partial charge in [-0.3, -0.25) is 4.90 Å². The molecule has 0 amide bonds. The van der Waals surface area contributed by atoms with Crippen LogP contribution < -0.4 is 5.32 Å². The molecular formula is C16H29N3. The Kier molecular flexibility index (Phi) is 4.69. The lowest BCUT2D eigenvalue weighted by atomic mass is 9.98. The van der Waals surface area contributed by atoms with Crippen LogP contribution in [0, 0.1) is 0 Å². The molecule has 1 aromatic rings. The van der Waals surface area contributed by atoms with Crippen molar-refractivity contribution in [3.8, 4) is 0 Å². The first kappa shape index (κ1) is 14.6. The van der Waals surface area contributed by atoms with Crippen molar-refractivity contribution in [3.05, 3.63) is 24.0 Å². The van der Waals surface area contributed by atoms with E-state index in [-0.39, 0.29) is 0 Å². The van der Waals surface area contributed by atoms with Crippen molar-refractivity contribution in [2.75, 3.05) is 13.1 Å². The third-order valence-corrected chi connectivity index (χ3v) is 4.22. The van der Waals surface area contributed by atoms with Gasteiger partial charge in [0.2, 0.25) is 0 Å². The molecule has 19 heavy (non-hydrogen) atoms. The molecule has 3 nitrogen and oxygen atoms in total. The van der Waals surface area contributed by atoms with Gasteiger partial charge in [0.05, 0.1) is 0 Å². The van der Waals surface area contributed by atoms with Crippen LogP contribution in [-0.4, -0.2) is 34.1 Å². The number of nitrogens with one attached hydrogen (secondary N) is 1. The Morgan fingerprint density at radius 3 is 2.47 bits per heavy atom. The first-order valence-corrected chi connectivity index (χ1v) is 7.62.